The van der Waals surface area contributed by atoms with Crippen LogP contribution in [0.3, 0.4) is 0 Å². The second-order valence-electron chi connectivity index (χ2n) is 8.36. The molecule has 0 amide bonds. The first-order valence-corrected chi connectivity index (χ1v) is 11.7. The molecule has 0 spiro atoms. The fourth-order valence-electron chi connectivity index (χ4n) is 3.07. The third-order valence-corrected chi connectivity index (χ3v) is 6.03. The minimum atomic E-state index is -0.931. The van der Waals surface area contributed by atoms with E-state index in [0.29, 0.717) is 23.8 Å². The standard InChI is InChI=1S/C22H31IN6O2/c1-5-6-7-10-29-13-25-18-19(24-12-15-11-16(23)8-9-17(15)30)27-21(28-20(18)29)26-14(2)22(3,4)31/h8-9,11,13-14,30-31H,5-7,10,12H2,1-4H3,(H2,24,26,27,28). The monoisotopic (exact) mass is 538 g/mol. The summed E-state index contributed by atoms with van der Waals surface area (Å²) in [5.41, 5.74) is 1.27. The Labute approximate surface area is 196 Å². The number of hydrogen-bond acceptors (Lipinski definition) is 7. The van der Waals surface area contributed by atoms with Gasteiger partial charge in [-0.3, -0.25) is 0 Å². The summed E-state index contributed by atoms with van der Waals surface area (Å²) in [7, 11) is 0. The third-order valence-electron chi connectivity index (χ3n) is 5.36. The number of aliphatic hydroxyl groups is 1. The molecule has 0 radical (unpaired) electrons. The lowest BCUT2D eigenvalue weighted by molar-refractivity contribution is 0.0646. The van der Waals surface area contributed by atoms with E-state index in [2.05, 4.69) is 50.1 Å². The number of nitrogens with zero attached hydrogens (tertiary/aromatic N) is 4. The maximum atomic E-state index is 10.3. The average Bonchev–Trinajstić information content (AvgIpc) is 3.11. The van der Waals surface area contributed by atoms with E-state index in [1.165, 1.54) is 0 Å². The number of rotatable bonds is 10. The number of aromatic hydroxyl groups is 1. The molecule has 3 rings (SSSR count). The summed E-state index contributed by atoms with van der Waals surface area (Å²) in [5.74, 6) is 1.24. The Hall–Kier alpha value is -2.14. The van der Waals surface area contributed by atoms with Gasteiger partial charge in [-0.2, -0.15) is 9.97 Å². The topological polar surface area (TPSA) is 108 Å². The van der Waals surface area contributed by atoms with Crippen molar-refractivity contribution in [1.29, 1.82) is 0 Å². The highest BCUT2D eigenvalue weighted by atomic mass is 127. The smallest absolute Gasteiger partial charge is 0.227 e. The molecule has 168 valence electrons. The number of nitrogens with one attached hydrogen (secondary N) is 2. The summed E-state index contributed by atoms with van der Waals surface area (Å²) >= 11 is 2.22. The number of anilines is 2. The average molecular weight is 538 g/mol. The van der Waals surface area contributed by atoms with Gasteiger partial charge in [0.1, 0.15) is 5.75 Å². The van der Waals surface area contributed by atoms with Gasteiger partial charge in [0.15, 0.2) is 17.0 Å². The molecule has 0 saturated heterocycles. The fourth-order valence-corrected chi connectivity index (χ4v) is 3.63. The lowest BCUT2D eigenvalue weighted by Crippen LogP contribution is -2.39. The van der Waals surface area contributed by atoms with Crippen molar-refractivity contribution in [1.82, 2.24) is 19.5 Å². The molecule has 1 unspecified atom stereocenters. The van der Waals surface area contributed by atoms with Gasteiger partial charge in [-0.25, -0.2) is 4.98 Å². The van der Waals surface area contributed by atoms with Crippen LogP contribution in [0.25, 0.3) is 11.2 Å². The molecular weight excluding hydrogens is 507 g/mol. The van der Waals surface area contributed by atoms with Gasteiger partial charge in [-0.05, 0) is 68.0 Å². The zero-order chi connectivity index (χ0) is 22.6. The Morgan fingerprint density at radius 3 is 2.71 bits per heavy atom. The number of phenolic OH excluding ortho intramolecular Hbond substituents is 1. The van der Waals surface area contributed by atoms with E-state index in [9.17, 15) is 10.2 Å². The summed E-state index contributed by atoms with van der Waals surface area (Å²) in [6, 6.07) is 5.23. The van der Waals surface area contributed by atoms with Crippen molar-refractivity contribution in [3.63, 3.8) is 0 Å². The lowest BCUT2D eigenvalue weighted by atomic mass is 10.0. The van der Waals surface area contributed by atoms with E-state index >= 15 is 0 Å². The van der Waals surface area contributed by atoms with Gasteiger partial charge >= 0.3 is 0 Å². The van der Waals surface area contributed by atoms with E-state index in [4.69, 9.17) is 4.98 Å². The number of halogens is 1. The summed E-state index contributed by atoms with van der Waals surface area (Å²) in [6.45, 7) is 8.80. The summed E-state index contributed by atoms with van der Waals surface area (Å²) in [4.78, 5) is 13.9. The van der Waals surface area contributed by atoms with Gasteiger partial charge in [0.2, 0.25) is 5.95 Å². The van der Waals surface area contributed by atoms with Crippen LogP contribution in [0.5, 0.6) is 5.75 Å². The molecule has 0 aliphatic rings. The number of unbranched alkanes of at least 4 members (excludes halogenated alkanes) is 2. The van der Waals surface area contributed by atoms with Crippen molar-refractivity contribution in [3.8, 4) is 5.75 Å². The molecule has 1 atom stereocenters. The molecule has 8 nitrogen and oxygen atoms in total. The number of aryl methyl sites for hydroxylation is 1. The largest absolute Gasteiger partial charge is 0.508 e. The number of benzene rings is 1. The molecule has 0 saturated carbocycles. The van der Waals surface area contributed by atoms with E-state index < -0.39 is 5.60 Å². The molecule has 0 fully saturated rings. The minimum absolute atomic E-state index is 0.234. The first-order valence-electron chi connectivity index (χ1n) is 10.6. The second kappa shape index (κ2) is 9.99. The van der Waals surface area contributed by atoms with Gasteiger partial charge in [0.25, 0.3) is 0 Å². The quantitative estimate of drug-likeness (QED) is 0.222. The Kier molecular flexibility index (Phi) is 7.58. The van der Waals surface area contributed by atoms with E-state index in [-0.39, 0.29) is 11.8 Å². The number of imidazole rings is 1. The van der Waals surface area contributed by atoms with Crippen LogP contribution in [0, 0.1) is 3.57 Å². The van der Waals surface area contributed by atoms with Crippen LogP contribution in [-0.4, -0.2) is 41.4 Å². The van der Waals surface area contributed by atoms with Crippen LogP contribution in [-0.2, 0) is 13.1 Å². The highest BCUT2D eigenvalue weighted by Gasteiger charge is 2.24. The molecule has 0 aliphatic carbocycles. The predicted molar refractivity (Wildman–Crippen MR) is 132 cm³/mol. The molecule has 2 heterocycles. The Bertz CT molecular complexity index is 1030. The molecule has 31 heavy (non-hydrogen) atoms. The van der Waals surface area contributed by atoms with Crippen molar-refractivity contribution in [2.75, 3.05) is 10.6 Å². The van der Waals surface area contributed by atoms with Gasteiger partial charge < -0.3 is 25.4 Å². The molecule has 0 bridgehead atoms. The minimum Gasteiger partial charge on any atom is -0.508 e. The molecule has 9 heteroatoms. The zero-order valence-corrected chi connectivity index (χ0v) is 20.6. The molecule has 2 aromatic heterocycles. The molecule has 3 aromatic rings. The fraction of sp³-hybridized carbons (Fsp3) is 0.500. The maximum absolute atomic E-state index is 10.3. The Morgan fingerprint density at radius 2 is 2.00 bits per heavy atom. The summed E-state index contributed by atoms with van der Waals surface area (Å²) in [6.07, 6.45) is 5.13. The summed E-state index contributed by atoms with van der Waals surface area (Å²) in [5, 5.41) is 27.0. The first kappa shape index (κ1) is 23.5. The zero-order valence-electron chi connectivity index (χ0n) is 18.5. The number of fused-ring (bicyclic) bond motifs is 1. The molecule has 4 N–H and O–H groups in total. The number of hydrogen-bond donors (Lipinski definition) is 4. The lowest BCUT2D eigenvalue weighted by Gasteiger charge is -2.26. The maximum Gasteiger partial charge on any atom is 0.227 e. The van der Waals surface area contributed by atoms with Gasteiger partial charge in [-0.1, -0.05) is 19.8 Å². The number of phenols is 1. The van der Waals surface area contributed by atoms with E-state index in [1.807, 2.05) is 23.6 Å². The van der Waals surface area contributed by atoms with Crippen LogP contribution in [0.1, 0.15) is 52.5 Å². The van der Waals surface area contributed by atoms with Crippen molar-refractivity contribution >= 4 is 45.5 Å². The Balaban J connectivity index is 1.94. The SMILES string of the molecule is CCCCCn1cnc2c(NCc3cc(I)ccc3O)nc(NC(C)C(C)(C)O)nc21. The predicted octanol–water partition coefficient (Wildman–Crippen LogP) is 4.51. The van der Waals surface area contributed by atoms with Gasteiger partial charge in [0.05, 0.1) is 18.0 Å². The van der Waals surface area contributed by atoms with Gasteiger partial charge in [-0.15, -0.1) is 0 Å². The van der Waals surface area contributed by atoms with Crippen LogP contribution in [0.15, 0.2) is 24.5 Å². The molecule has 0 aliphatic heterocycles. The van der Waals surface area contributed by atoms with Crippen molar-refractivity contribution in [2.45, 2.75) is 71.7 Å². The van der Waals surface area contributed by atoms with Gasteiger partial charge in [0, 0.05) is 22.2 Å². The molecular formula is C22H31IN6O2. The normalized spacial score (nSPS) is 12.8. The summed E-state index contributed by atoms with van der Waals surface area (Å²) < 4.78 is 3.09. The van der Waals surface area contributed by atoms with Crippen LogP contribution in [0.4, 0.5) is 11.8 Å². The molecule has 1 aromatic carbocycles. The van der Waals surface area contributed by atoms with Crippen LogP contribution >= 0.6 is 22.6 Å². The van der Waals surface area contributed by atoms with Crippen molar-refractivity contribution < 1.29 is 10.2 Å². The third kappa shape index (κ3) is 5.97. The second-order valence-corrected chi connectivity index (χ2v) is 9.61. The van der Waals surface area contributed by atoms with Crippen molar-refractivity contribution in [3.05, 3.63) is 33.7 Å². The highest BCUT2D eigenvalue weighted by Crippen LogP contribution is 2.25. The Morgan fingerprint density at radius 1 is 1.23 bits per heavy atom. The highest BCUT2D eigenvalue weighted by molar-refractivity contribution is 14.1. The van der Waals surface area contributed by atoms with E-state index in [0.717, 1.165) is 40.6 Å². The van der Waals surface area contributed by atoms with Crippen LogP contribution < -0.4 is 10.6 Å². The first-order chi connectivity index (χ1) is 14.7. The number of aromatic nitrogens is 4. The van der Waals surface area contributed by atoms with Crippen LogP contribution in [0.2, 0.25) is 0 Å². The van der Waals surface area contributed by atoms with E-state index in [1.54, 1.807) is 26.2 Å². The van der Waals surface area contributed by atoms with Crippen molar-refractivity contribution in [2.24, 2.45) is 0 Å².